The van der Waals surface area contributed by atoms with Crippen LogP contribution in [0.2, 0.25) is 0 Å². The first-order chi connectivity index (χ1) is 8.95. The topological polar surface area (TPSA) is 49.4 Å². The minimum Gasteiger partial charge on any atom is -0.339 e. The highest BCUT2D eigenvalue weighted by Gasteiger charge is 2.13. The number of para-hydroxylation sites is 1. The Morgan fingerprint density at radius 2 is 1.89 bits per heavy atom. The van der Waals surface area contributed by atoms with Gasteiger partial charge < -0.3 is 10.2 Å². The summed E-state index contributed by atoms with van der Waals surface area (Å²) in [5.74, 6) is -0.0473. The molecule has 1 aromatic rings. The van der Waals surface area contributed by atoms with Crippen LogP contribution in [0.15, 0.2) is 24.3 Å². The Hall–Kier alpha value is -1.84. The molecule has 0 aliphatic rings. The van der Waals surface area contributed by atoms with Gasteiger partial charge in [0.1, 0.15) is 0 Å². The van der Waals surface area contributed by atoms with Crippen molar-refractivity contribution in [1.82, 2.24) is 4.90 Å². The number of amides is 2. The molecule has 1 aromatic carbocycles. The molecule has 0 radical (unpaired) electrons. The van der Waals surface area contributed by atoms with Crippen LogP contribution in [0.25, 0.3) is 0 Å². The van der Waals surface area contributed by atoms with Crippen molar-refractivity contribution in [1.29, 1.82) is 0 Å². The van der Waals surface area contributed by atoms with Crippen LogP contribution >= 0.6 is 0 Å². The fourth-order valence-corrected chi connectivity index (χ4v) is 1.71. The van der Waals surface area contributed by atoms with E-state index in [1.165, 1.54) is 0 Å². The fraction of sp³-hybridized carbons (Fsp3) is 0.467. The van der Waals surface area contributed by atoms with Gasteiger partial charge in [0.05, 0.1) is 0 Å². The minimum atomic E-state index is -0.0665. The summed E-state index contributed by atoms with van der Waals surface area (Å²) in [5.41, 5.74) is 1.73. The lowest BCUT2D eigenvalue weighted by atomic mass is 10.1. The van der Waals surface area contributed by atoms with Crippen molar-refractivity contribution >= 4 is 17.5 Å². The van der Waals surface area contributed by atoms with Gasteiger partial charge in [-0.25, -0.2) is 0 Å². The Bertz CT molecular complexity index is 455. The van der Waals surface area contributed by atoms with Gasteiger partial charge in [-0.15, -0.1) is 0 Å². The summed E-state index contributed by atoms with van der Waals surface area (Å²) >= 11 is 0. The van der Waals surface area contributed by atoms with Crippen LogP contribution in [0.5, 0.6) is 0 Å². The van der Waals surface area contributed by atoms with Crippen molar-refractivity contribution < 1.29 is 9.59 Å². The Labute approximate surface area is 114 Å². The molecule has 2 amide bonds. The molecule has 1 N–H and O–H groups in total. The molecule has 0 heterocycles. The molecule has 4 nitrogen and oxygen atoms in total. The minimum absolute atomic E-state index is 0.0154. The van der Waals surface area contributed by atoms with E-state index in [9.17, 15) is 9.59 Å². The van der Waals surface area contributed by atoms with Crippen molar-refractivity contribution in [3.05, 3.63) is 29.8 Å². The van der Waals surface area contributed by atoms with Gasteiger partial charge in [0.2, 0.25) is 11.8 Å². The molecule has 0 aliphatic carbocycles. The first kappa shape index (κ1) is 15.2. The molecule has 0 spiro atoms. The molecular formula is C15H22N2O2. The van der Waals surface area contributed by atoms with E-state index in [1.54, 1.807) is 11.8 Å². The molecule has 0 atom stereocenters. The lowest BCUT2D eigenvalue weighted by Crippen LogP contribution is -2.28. The Morgan fingerprint density at radius 1 is 1.26 bits per heavy atom. The SMILES string of the molecule is CCN(Cc1ccccc1NC(=O)C(C)C)C(C)=O. The van der Waals surface area contributed by atoms with E-state index >= 15 is 0 Å². The number of carbonyl (C=O) groups excluding carboxylic acids is 2. The molecule has 0 unspecified atom stereocenters. The standard InChI is InChI=1S/C15H22N2O2/c1-5-17(12(4)18)10-13-8-6-7-9-14(13)16-15(19)11(2)3/h6-9,11H,5,10H2,1-4H3,(H,16,19). The molecule has 0 aromatic heterocycles. The zero-order chi connectivity index (χ0) is 14.4. The van der Waals surface area contributed by atoms with E-state index < -0.39 is 0 Å². The van der Waals surface area contributed by atoms with Gasteiger partial charge in [0.15, 0.2) is 0 Å². The van der Waals surface area contributed by atoms with E-state index in [4.69, 9.17) is 0 Å². The number of benzene rings is 1. The largest absolute Gasteiger partial charge is 0.339 e. The predicted octanol–water partition coefficient (Wildman–Crippen LogP) is 2.65. The van der Waals surface area contributed by atoms with Crippen molar-refractivity contribution in [2.45, 2.75) is 34.2 Å². The average Bonchev–Trinajstić information content (AvgIpc) is 2.37. The average molecular weight is 262 g/mol. The number of hydrogen-bond donors (Lipinski definition) is 1. The Kier molecular flexibility index (Phi) is 5.55. The lowest BCUT2D eigenvalue weighted by Gasteiger charge is -2.21. The van der Waals surface area contributed by atoms with Crippen molar-refractivity contribution in [2.24, 2.45) is 5.92 Å². The summed E-state index contributed by atoms with van der Waals surface area (Å²) in [7, 11) is 0. The third-order valence-electron chi connectivity index (χ3n) is 2.99. The highest BCUT2D eigenvalue weighted by Crippen LogP contribution is 2.18. The molecule has 19 heavy (non-hydrogen) atoms. The second-order valence-electron chi connectivity index (χ2n) is 4.83. The number of carbonyl (C=O) groups is 2. The number of rotatable bonds is 5. The summed E-state index contributed by atoms with van der Waals surface area (Å²) in [6.45, 7) is 8.37. The Balaban J connectivity index is 2.89. The summed E-state index contributed by atoms with van der Waals surface area (Å²) in [5, 5.41) is 2.90. The van der Waals surface area contributed by atoms with Gasteiger partial charge in [-0.05, 0) is 18.6 Å². The quantitative estimate of drug-likeness (QED) is 0.887. The number of hydrogen-bond acceptors (Lipinski definition) is 2. The lowest BCUT2D eigenvalue weighted by molar-refractivity contribution is -0.129. The van der Waals surface area contributed by atoms with Gasteiger partial charge in [-0.1, -0.05) is 32.0 Å². The summed E-state index contributed by atoms with van der Waals surface area (Å²) in [6, 6.07) is 7.59. The zero-order valence-electron chi connectivity index (χ0n) is 12.1. The number of anilines is 1. The number of nitrogens with zero attached hydrogens (tertiary/aromatic N) is 1. The van der Waals surface area contributed by atoms with Crippen LogP contribution in [0.3, 0.4) is 0 Å². The molecule has 0 saturated carbocycles. The van der Waals surface area contributed by atoms with Crippen LogP contribution in [-0.4, -0.2) is 23.3 Å². The van der Waals surface area contributed by atoms with Crippen molar-refractivity contribution in [3.8, 4) is 0 Å². The second-order valence-corrected chi connectivity index (χ2v) is 4.83. The molecule has 1 rings (SSSR count). The van der Waals surface area contributed by atoms with Gasteiger partial charge in [0, 0.05) is 31.6 Å². The maximum Gasteiger partial charge on any atom is 0.226 e. The summed E-state index contributed by atoms with van der Waals surface area (Å²) in [4.78, 5) is 25.0. The van der Waals surface area contributed by atoms with Crippen molar-refractivity contribution in [3.63, 3.8) is 0 Å². The highest BCUT2D eigenvalue weighted by atomic mass is 16.2. The molecular weight excluding hydrogens is 240 g/mol. The van der Waals surface area contributed by atoms with Gasteiger partial charge >= 0.3 is 0 Å². The maximum atomic E-state index is 11.8. The summed E-state index contributed by atoms with van der Waals surface area (Å²) in [6.07, 6.45) is 0. The van der Waals surface area contributed by atoms with E-state index in [0.29, 0.717) is 13.1 Å². The molecule has 4 heteroatoms. The number of nitrogens with one attached hydrogen (secondary N) is 1. The van der Waals surface area contributed by atoms with Crippen molar-refractivity contribution in [2.75, 3.05) is 11.9 Å². The summed E-state index contributed by atoms with van der Waals surface area (Å²) < 4.78 is 0. The van der Waals surface area contributed by atoms with Crippen LogP contribution in [0, 0.1) is 5.92 Å². The van der Waals surface area contributed by atoms with Crippen LogP contribution in [0.4, 0.5) is 5.69 Å². The normalized spacial score (nSPS) is 10.4. The Morgan fingerprint density at radius 3 is 2.42 bits per heavy atom. The van der Waals surface area contributed by atoms with Gasteiger partial charge in [-0.3, -0.25) is 9.59 Å². The third kappa shape index (κ3) is 4.39. The highest BCUT2D eigenvalue weighted by molar-refractivity contribution is 5.92. The smallest absolute Gasteiger partial charge is 0.226 e. The first-order valence-electron chi connectivity index (χ1n) is 6.60. The van der Waals surface area contributed by atoms with Crippen LogP contribution < -0.4 is 5.32 Å². The molecule has 0 saturated heterocycles. The van der Waals surface area contributed by atoms with E-state index in [2.05, 4.69) is 5.32 Å². The van der Waals surface area contributed by atoms with E-state index in [1.807, 2.05) is 45.0 Å². The van der Waals surface area contributed by atoms with E-state index in [-0.39, 0.29) is 17.7 Å². The second kappa shape index (κ2) is 6.92. The third-order valence-corrected chi connectivity index (χ3v) is 2.99. The molecule has 0 fully saturated rings. The fourth-order valence-electron chi connectivity index (χ4n) is 1.71. The van der Waals surface area contributed by atoms with Crippen LogP contribution in [-0.2, 0) is 16.1 Å². The molecule has 0 bridgehead atoms. The maximum absolute atomic E-state index is 11.8. The van der Waals surface area contributed by atoms with Gasteiger partial charge in [0.25, 0.3) is 0 Å². The van der Waals surface area contributed by atoms with Gasteiger partial charge in [-0.2, -0.15) is 0 Å². The monoisotopic (exact) mass is 262 g/mol. The zero-order valence-corrected chi connectivity index (χ0v) is 12.1. The van der Waals surface area contributed by atoms with Crippen LogP contribution in [0.1, 0.15) is 33.3 Å². The molecule has 104 valence electrons. The molecule has 0 aliphatic heterocycles. The van der Waals surface area contributed by atoms with E-state index in [0.717, 1.165) is 11.3 Å². The predicted molar refractivity (Wildman–Crippen MR) is 76.7 cm³/mol. The first-order valence-corrected chi connectivity index (χ1v) is 6.60.